The van der Waals surface area contributed by atoms with E-state index in [4.69, 9.17) is 0 Å². The molecule has 0 spiro atoms. The SMILES string of the molecule is Cc1nc(CN(C)CCNCc2sccc2C)cs1. The second-order valence-corrected chi connectivity index (χ2v) is 6.86. The molecule has 0 saturated carbocycles. The van der Waals surface area contributed by atoms with Gasteiger partial charge in [0.15, 0.2) is 0 Å². The Hall–Kier alpha value is -0.750. The summed E-state index contributed by atoms with van der Waals surface area (Å²) in [5, 5.41) is 8.95. The van der Waals surface area contributed by atoms with E-state index in [2.05, 4.69) is 52.9 Å². The van der Waals surface area contributed by atoms with Crippen LogP contribution >= 0.6 is 22.7 Å². The van der Waals surface area contributed by atoms with Gasteiger partial charge in [-0.25, -0.2) is 4.98 Å². The zero-order valence-corrected chi connectivity index (χ0v) is 13.4. The summed E-state index contributed by atoms with van der Waals surface area (Å²) in [4.78, 5) is 8.24. The average molecular weight is 295 g/mol. The summed E-state index contributed by atoms with van der Waals surface area (Å²) in [5.41, 5.74) is 2.57. The lowest BCUT2D eigenvalue weighted by Gasteiger charge is -2.15. The van der Waals surface area contributed by atoms with Gasteiger partial charge in [0.1, 0.15) is 0 Å². The standard InChI is InChI=1S/C14H21N3S2/c1-11-4-7-18-14(11)8-15-5-6-17(3)9-13-10-19-12(2)16-13/h4,7,10,15H,5-6,8-9H2,1-3H3. The maximum atomic E-state index is 4.49. The number of hydrogen-bond donors (Lipinski definition) is 1. The lowest BCUT2D eigenvalue weighted by molar-refractivity contribution is 0.321. The first-order valence-electron chi connectivity index (χ1n) is 6.48. The van der Waals surface area contributed by atoms with E-state index in [0.29, 0.717) is 0 Å². The minimum absolute atomic E-state index is 0.935. The van der Waals surface area contributed by atoms with Gasteiger partial charge in [-0.1, -0.05) is 0 Å². The van der Waals surface area contributed by atoms with Crippen molar-refractivity contribution in [2.45, 2.75) is 26.9 Å². The van der Waals surface area contributed by atoms with Crippen molar-refractivity contribution in [1.29, 1.82) is 0 Å². The molecule has 2 rings (SSSR count). The fourth-order valence-electron chi connectivity index (χ4n) is 1.89. The molecule has 0 radical (unpaired) electrons. The summed E-state index contributed by atoms with van der Waals surface area (Å²) in [6, 6.07) is 2.18. The zero-order chi connectivity index (χ0) is 13.7. The molecular formula is C14H21N3S2. The molecule has 0 saturated heterocycles. The molecule has 0 unspecified atom stereocenters. The van der Waals surface area contributed by atoms with Gasteiger partial charge in [0.25, 0.3) is 0 Å². The second kappa shape index (κ2) is 7.14. The Bertz CT molecular complexity index is 504. The Kier molecular flexibility index (Phi) is 5.51. The molecule has 104 valence electrons. The maximum absolute atomic E-state index is 4.49. The third-order valence-corrected chi connectivity index (χ3v) is 4.87. The lowest BCUT2D eigenvalue weighted by Crippen LogP contribution is -2.28. The smallest absolute Gasteiger partial charge is 0.0897 e. The monoisotopic (exact) mass is 295 g/mol. The van der Waals surface area contributed by atoms with Crippen molar-refractivity contribution >= 4 is 22.7 Å². The van der Waals surface area contributed by atoms with Crippen LogP contribution in [0.5, 0.6) is 0 Å². The molecule has 0 bridgehead atoms. The highest BCUT2D eigenvalue weighted by Crippen LogP contribution is 2.14. The molecule has 0 aliphatic carbocycles. The van der Waals surface area contributed by atoms with E-state index >= 15 is 0 Å². The molecule has 1 N–H and O–H groups in total. The van der Waals surface area contributed by atoms with Gasteiger partial charge in [0, 0.05) is 36.4 Å². The van der Waals surface area contributed by atoms with Crippen LogP contribution in [0.1, 0.15) is 21.1 Å². The molecule has 0 aliphatic heterocycles. The Morgan fingerprint density at radius 3 is 2.79 bits per heavy atom. The van der Waals surface area contributed by atoms with Gasteiger partial charge in [-0.2, -0.15) is 0 Å². The van der Waals surface area contributed by atoms with Gasteiger partial charge in [-0.05, 0) is 37.9 Å². The highest BCUT2D eigenvalue weighted by atomic mass is 32.1. The van der Waals surface area contributed by atoms with Gasteiger partial charge < -0.3 is 5.32 Å². The molecule has 0 aliphatic rings. The third kappa shape index (κ3) is 4.69. The minimum Gasteiger partial charge on any atom is -0.311 e. The fraction of sp³-hybridized carbons (Fsp3) is 0.500. The highest BCUT2D eigenvalue weighted by molar-refractivity contribution is 7.10. The number of aromatic nitrogens is 1. The van der Waals surface area contributed by atoms with Gasteiger partial charge in [-0.15, -0.1) is 22.7 Å². The Labute approximate surface area is 123 Å². The molecule has 0 fully saturated rings. The van der Waals surface area contributed by atoms with Crippen molar-refractivity contribution in [3.8, 4) is 0 Å². The molecule has 5 heteroatoms. The largest absolute Gasteiger partial charge is 0.311 e. The van der Waals surface area contributed by atoms with E-state index in [1.54, 1.807) is 11.3 Å². The topological polar surface area (TPSA) is 28.2 Å². The molecule has 2 aromatic rings. The number of nitrogens with zero attached hydrogens (tertiary/aromatic N) is 2. The zero-order valence-electron chi connectivity index (χ0n) is 11.8. The number of thiophene rings is 1. The van der Waals surface area contributed by atoms with E-state index in [1.807, 2.05) is 11.3 Å². The Balaban J connectivity index is 1.64. The van der Waals surface area contributed by atoms with Crippen molar-refractivity contribution in [2.75, 3.05) is 20.1 Å². The van der Waals surface area contributed by atoms with Crippen LogP contribution in [0.15, 0.2) is 16.8 Å². The van der Waals surface area contributed by atoms with Crippen LogP contribution in [-0.4, -0.2) is 30.0 Å². The molecule has 2 heterocycles. The summed E-state index contributed by atoms with van der Waals surface area (Å²) in [7, 11) is 2.15. The van der Waals surface area contributed by atoms with E-state index in [9.17, 15) is 0 Å². The van der Waals surface area contributed by atoms with Crippen LogP contribution in [-0.2, 0) is 13.1 Å². The molecule has 19 heavy (non-hydrogen) atoms. The van der Waals surface area contributed by atoms with E-state index < -0.39 is 0 Å². The number of likely N-dealkylation sites (N-methyl/N-ethyl adjacent to an activating group) is 1. The molecule has 3 nitrogen and oxygen atoms in total. The summed E-state index contributed by atoms with van der Waals surface area (Å²) in [6.45, 7) is 8.19. The van der Waals surface area contributed by atoms with Gasteiger partial charge in [0.05, 0.1) is 10.7 Å². The molecule has 0 atom stereocenters. The van der Waals surface area contributed by atoms with Crippen LogP contribution < -0.4 is 5.32 Å². The van der Waals surface area contributed by atoms with Crippen LogP contribution in [0, 0.1) is 13.8 Å². The maximum Gasteiger partial charge on any atom is 0.0897 e. The molecular weight excluding hydrogens is 274 g/mol. The lowest BCUT2D eigenvalue weighted by atomic mass is 10.3. The van der Waals surface area contributed by atoms with Gasteiger partial charge >= 0.3 is 0 Å². The summed E-state index contributed by atoms with van der Waals surface area (Å²) in [5.74, 6) is 0. The van der Waals surface area contributed by atoms with Crippen molar-refractivity contribution in [2.24, 2.45) is 0 Å². The van der Waals surface area contributed by atoms with Crippen molar-refractivity contribution in [3.05, 3.63) is 38.0 Å². The summed E-state index contributed by atoms with van der Waals surface area (Å²) >= 11 is 3.55. The average Bonchev–Trinajstić information content (AvgIpc) is 2.94. The van der Waals surface area contributed by atoms with E-state index in [0.717, 1.165) is 31.2 Å². The first-order chi connectivity index (χ1) is 9.15. The molecule has 2 aromatic heterocycles. The number of thiazole rings is 1. The molecule has 0 aromatic carbocycles. The number of aryl methyl sites for hydroxylation is 2. The summed E-state index contributed by atoms with van der Waals surface area (Å²) in [6.07, 6.45) is 0. The number of rotatable bonds is 7. The number of nitrogens with one attached hydrogen (secondary N) is 1. The van der Waals surface area contributed by atoms with Crippen LogP contribution in [0.2, 0.25) is 0 Å². The third-order valence-electron chi connectivity index (χ3n) is 3.02. The second-order valence-electron chi connectivity index (χ2n) is 4.80. The van der Waals surface area contributed by atoms with E-state index in [1.165, 1.54) is 16.1 Å². The normalized spacial score (nSPS) is 11.4. The fourth-order valence-corrected chi connectivity index (χ4v) is 3.37. The first kappa shape index (κ1) is 14.7. The highest BCUT2D eigenvalue weighted by Gasteiger charge is 2.04. The predicted molar refractivity (Wildman–Crippen MR) is 83.9 cm³/mol. The van der Waals surface area contributed by atoms with E-state index in [-0.39, 0.29) is 0 Å². The van der Waals surface area contributed by atoms with Crippen molar-refractivity contribution < 1.29 is 0 Å². The van der Waals surface area contributed by atoms with Crippen molar-refractivity contribution in [3.63, 3.8) is 0 Å². The van der Waals surface area contributed by atoms with Gasteiger partial charge in [-0.3, -0.25) is 4.90 Å². The van der Waals surface area contributed by atoms with Gasteiger partial charge in [0.2, 0.25) is 0 Å². The minimum atomic E-state index is 0.935. The predicted octanol–water partition coefficient (Wildman–Crippen LogP) is 3.04. The Morgan fingerprint density at radius 2 is 2.16 bits per heavy atom. The number of hydrogen-bond acceptors (Lipinski definition) is 5. The first-order valence-corrected chi connectivity index (χ1v) is 8.24. The Morgan fingerprint density at radius 1 is 1.32 bits per heavy atom. The quantitative estimate of drug-likeness (QED) is 0.796. The van der Waals surface area contributed by atoms with Crippen LogP contribution in [0.3, 0.4) is 0 Å². The summed E-state index contributed by atoms with van der Waals surface area (Å²) < 4.78 is 0. The van der Waals surface area contributed by atoms with Crippen molar-refractivity contribution in [1.82, 2.24) is 15.2 Å². The van der Waals surface area contributed by atoms with Crippen LogP contribution in [0.4, 0.5) is 0 Å². The van der Waals surface area contributed by atoms with Crippen LogP contribution in [0.25, 0.3) is 0 Å². The molecule has 0 amide bonds.